The van der Waals surface area contributed by atoms with Crippen LogP contribution in [0.1, 0.15) is 54.0 Å². The van der Waals surface area contributed by atoms with Crippen LogP contribution in [0.5, 0.6) is 0 Å². The summed E-state index contributed by atoms with van der Waals surface area (Å²) in [6.45, 7) is 8.66. The lowest BCUT2D eigenvalue weighted by molar-refractivity contribution is 0.0975. The minimum atomic E-state index is -0.247. The number of carbonyl (C=O) groups excluding carboxylic acids is 1. The summed E-state index contributed by atoms with van der Waals surface area (Å²) >= 11 is 0. The number of benzene rings is 3. The van der Waals surface area contributed by atoms with Gasteiger partial charge in [0.2, 0.25) is 0 Å². The molecule has 1 unspecified atom stereocenters. The Hall–Kier alpha value is -3.07. The number of hydrogen-bond donors (Lipinski definition) is 1. The molecule has 1 N–H and O–H groups in total. The number of para-hydroxylation sites is 1. The van der Waals surface area contributed by atoms with Gasteiger partial charge in [0.15, 0.2) is 0 Å². The fraction of sp³-hybridized carbons (Fsp3) is 0.240. The Balaban J connectivity index is 1.81. The maximum atomic E-state index is 13.4. The van der Waals surface area contributed by atoms with Gasteiger partial charge < -0.3 is 5.32 Å². The van der Waals surface area contributed by atoms with Gasteiger partial charge in [-0.1, -0.05) is 74.9 Å². The van der Waals surface area contributed by atoms with Gasteiger partial charge in [0.05, 0.1) is 5.56 Å². The van der Waals surface area contributed by atoms with Gasteiger partial charge in [-0.25, -0.2) is 0 Å². The van der Waals surface area contributed by atoms with E-state index in [1.165, 1.54) is 11.1 Å². The molecular formula is C25H26N2O. The lowest BCUT2D eigenvalue weighted by Crippen LogP contribution is -2.43. The number of nitrogens with one attached hydrogen (secondary N) is 1. The summed E-state index contributed by atoms with van der Waals surface area (Å²) in [5.74, 6) is 0.0171. The first kappa shape index (κ1) is 18.3. The Labute approximate surface area is 167 Å². The molecule has 3 nitrogen and oxygen atoms in total. The topological polar surface area (TPSA) is 32.3 Å². The second-order valence-electron chi connectivity index (χ2n) is 8.48. The molecular weight excluding hydrogens is 344 g/mol. The molecule has 0 saturated carbocycles. The molecule has 1 heterocycles. The second-order valence-corrected chi connectivity index (χ2v) is 8.48. The Morgan fingerprint density at radius 3 is 2.14 bits per heavy atom. The van der Waals surface area contributed by atoms with Crippen molar-refractivity contribution < 1.29 is 4.79 Å². The minimum absolute atomic E-state index is 0.0171. The van der Waals surface area contributed by atoms with Crippen molar-refractivity contribution in [2.75, 3.05) is 10.2 Å². The quantitative estimate of drug-likeness (QED) is 0.594. The number of nitrogens with zero attached hydrogens (tertiary/aromatic N) is 1. The van der Waals surface area contributed by atoms with Crippen molar-refractivity contribution in [2.45, 2.75) is 39.3 Å². The van der Waals surface area contributed by atoms with Gasteiger partial charge in [-0.2, -0.15) is 0 Å². The smallest absolute Gasteiger partial charge is 0.262 e. The van der Waals surface area contributed by atoms with Crippen molar-refractivity contribution in [1.29, 1.82) is 0 Å². The Morgan fingerprint density at radius 2 is 1.50 bits per heavy atom. The van der Waals surface area contributed by atoms with E-state index in [-0.39, 0.29) is 17.5 Å². The molecule has 28 heavy (non-hydrogen) atoms. The summed E-state index contributed by atoms with van der Waals surface area (Å²) in [5.41, 5.74) is 6.06. The molecule has 0 aromatic heterocycles. The number of rotatable bonds is 2. The highest BCUT2D eigenvalue weighted by Gasteiger charge is 2.34. The Kier molecular flexibility index (Phi) is 4.46. The van der Waals surface area contributed by atoms with Gasteiger partial charge in [0, 0.05) is 11.4 Å². The molecule has 3 heteroatoms. The lowest BCUT2D eigenvalue weighted by atomic mass is 9.87. The summed E-state index contributed by atoms with van der Waals surface area (Å²) < 4.78 is 0. The third-order valence-corrected chi connectivity index (χ3v) is 5.33. The van der Waals surface area contributed by atoms with E-state index in [1.807, 2.05) is 29.2 Å². The number of hydrogen-bond acceptors (Lipinski definition) is 2. The van der Waals surface area contributed by atoms with Crippen LogP contribution in [0.4, 0.5) is 11.4 Å². The molecule has 1 aliphatic rings. The van der Waals surface area contributed by atoms with Crippen LogP contribution >= 0.6 is 0 Å². The first-order valence-electron chi connectivity index (χ1n) is 9.71. The van der Waals surface area contributed by atoms with Gasteiger partial charge in [0.1, 0.15) is 6.17 Å². The lowest BCUT2D eigenvalue weighted by Gasteiger charge is -2.38. The van der Waals surface area contributed by atoms with Crippen molar-refractivity contribution in [1.82, 2.24) is 0 Å². The van der Waals surface area contributed by atoms with Crippen molar-refractivity contribution in [3.8, 4) is 0 Å². The highest BCUT2D eigenvalue weighted by molar-refractivity contribution is 6.12. The largest absolute Gasteiger partial charge is 0.360 e. The summed E-state index contributed by atoms with van der Waals surface area (Å²) in [6.07, 6.45) is -0.247. The van der Waals surface area contributed by atoms with Gasteiger partial charge in [-0.05, 0) is 47.7 Å². The fourth-order valence-corrected chi connectivity index (χ4v) is 3.62. The molecule has 4 rings (SSSR count). The molecule has 1 aliphatic heterocycles. The summed E-state index contributed by atoms with van der Waals surface area (Å²) in [6, 6.07) is 24.4. The SMILES string of the molecule is Cc1ccc(C2Nc3ccccc3C(=O)N2c2ccc(C(C)(C)C)cc2)cc1. The number of anilines is 2. The van der Waals surface area contributed by atoms with E-state index < -0.39 is 0 Å². The van der Waals surface area contributed by atoms with E-state index >= 15 is 0 Å². The van der Waals surface area contributed by atoms with E-state index in [0.29, 0.717) is 5.56 Å². The minimum Gasteiger partial charge on any atom is -0.360 e. The third-order valence-electron chi connectivity index (χ3n) is 5.33. The molecule has 3 aromatic rings. The predicted octanol–water partition coefficient (Wildman–Crippen LogP) is 6.06. The summed E-state index contributed by atoms with van der Waals surface area (Å²) in [5, 5.41) is 3.56. The standard InChI is InChI=1S/C25H26N2O/c1-17-9-11-18(12-10-17)23-26-22-8-6-5-7-21(22)24(28)27(23)20-15-13-19(14-16-20)25(2,3)4/h5-16,23,26H,1-4H3. The average molecular weight is 370 g/mol. The maximum absolute atomic E-state index is 13.4. The number of fused-ring (bicyclic) bond motifs is 1. The normalized spacial score (nSPS) is 16.5. The Bertz CT molecular complexity index is 998. The molecule has 1 amide bonds. The van der Waals surface area contributed by atoms with E-state index in [4.69, 9.17) is 0 Å². The van der Waals surface area contributed by atoms with Gasteiger partial charge >= 0.3 is 0 Å². The molecule has 0 bridgehead atoms. The van der Waals surface area contributed by atoms with Crippen LogP contribution in [0.2, 0.25) is 0 Å². The molecule has 0 radical (unpaired) electrons. The zero-order valence-corrected chi connectivity index (χ0v) is 16.9. The van der Waals surface area contributed by atoms with Crippen LogP contribution in [0, 0.1) is 6.92 Å². The monoisotopic (exact) mass is 370 g/mol. The van der Waals surface area contributed by atoms with Crippen molar-refractivity contribution in [3.63, 3.8) is 0 Å². The van der Waals surface area contributed by atoms with E-state index in [9.17, 15) is 4.79 Å². The van der Waals surface area contributed by atoms with Crippen LogP contribution in [-0.4, -0.2) is 5.91 Å². The molecule has 0 saturated heterocycles. The molecule has 0 fully saturated rings. The first-order valence-corrected chi connectivity index (χ1v) is 9.71. The van der Waals surface area contributed by atoms with Crippen LogP contribution in [0.3, 0.4) is 0 Å². The molecule has 0 aliphatic carbocycles. The predicted molar refractivity (Wildman–Crippen MR) is 116 cm³/mol. The number of carbonyl (C=O) groups is 1. The molecule has 1 atom stereocenters. The first-order chi connectivity index (χ1) is 13.3. The second kappa shape index (κ2) is 6.83. The molecule has 3 aromatic carbocycles. The van der Waals surface area contributed by atoms with Crippen LogP contribution in [-0.2, 0) is 5.41 Å². The van der Waals surface area contributed by atoms with Gasteiger partial charge in [-0.15, -0.1) is 0 Å². The fourth-order valence-electron chi connectivity index (χ4n) is 3.62. The summed E-state index contributed by atoms with van der Waals surface area (Å²) in [7, 11) is 0. The number of amides is 1. The van der Waals surface area contributed by atoms with Crippen LogP contribution in [0.15, 0.2) is 72.8 Å². The zero-order chi connectivity index (χ0) is 19.9. The highest BCUT2D eigenvalue weighted by Crippen LogP contribution is 2.37. The summed E-state index contributed by atoms with van der Waals surface area (Å²) in [4.78, 5) is 15.3. The van der Waals surface area contributed by atoms with Gasteiger partial charge in [-0.3, -0.25) is 9.69 Å². The maximum Gasteiger partial charge on any atom is 0.262 e. The molecule has 0 spiro atoms. The van der Waals surface area contributed by atoms with E-state index in [1.54, 1.807) is 0 Å². The van der Waals surface area contributed by atoms with E-state index in [2.05, 4.69) is 81.5 Å². The Morgan fingerprint density at radius 1 is 0.857 bits per heavy atom. The number of aryl methyl sites for hydroxylation is 1. The van der Waals surface area contributed by atoms with Crippen molar-refractivity contribution in [2.24, 2.45) is 0 Å². The van der Waals surface area contributed by atoms with Crippen LogP contribution < -0.4 is 10.2 Å². The van der Waals surface area contributed by atoms with Crippen molar-refractivity contribution in [3.05, 3.63) is 95.1 Å². The highest BCUT2D eigenvalue weighted by atomic mass is 16.2. The van der Waals surface area contributed by atoms with Gasteiger partial charge in [0.25, 0.3) is 5.91 Å². The van der Waals surface area contributed by atoms with Crippen molar-refractivity contribution >= 4 is 17.3 Å². The van der Waals surface area contributed by atoms with Crippen LogP contribution in [0.25, 0.3) is 0 Å². The van der Waals surface area contributed by atoms with E-state index in [0.717, 1.165) is 16.9 Å². The third kappa shape index (κ3) is 3.29. The zero-order valence-electron chi connectivity index (χ0n) is 16.9. The average Bonchev–Trinajstić information content (AvgIpc) is 2.68. The molecule has 142 valence electrons.